The maximum Gasteiger partial charge on any atom is 0.417 e. The predicted octanol–water partition coefficient (Wildman–Crippen LogP) is 5.37. The van der Waals surface area contributed by atoms with Crippen LogP contribution in [-0.4, -0.2) is 41.7 Å². The van der Waals surface area contributed by atoms with E-state index in [1.54, 1.807) is 6.92 Å². The van der Waals surface area contributed by atoms with Crippen LogP contribution in [0.25, 0.3) is 0 Å². The molecule has 10 heteroatoms. The van der Waals surface area contributed by atoms with Gasteiger partial charge in [0.1, 0.15) is 0 Å². The number of benzene rings is 1. The molecule has 6 nitrogen and oxygen atoms in total. The summed E-state index contributed by atoms with van der Waals surface area (Å²) >= 11 is 0. The van der Waals surface area contributed by atoms with Crippen molar-refractivity contribution in [2.75, 3.05) is 6.54 Å². The molecule has 2 atom stereocenters. The van der Waals surface area contributed by atoms with E-state index in [-0.39, 0.29) is 36.5 Å². The standard InChI is InChI=1S/C26H34F3NO5S/c1-4-9-30(36(34,35)21-8-6-5-7-20(21)26(27,28)29)24(2,3)22(31)12-19-17-10-16-11-18(19)15-25(13-16,14-17)23(32)33/h5-8,16-19H,4,9-15H2,1-3H3,(H,32,33). The van der Waals surface area contributed by atoms with Gasteiger partial charge in [0.2, 0.25) is 10.0 Å². The zero-order chi connectivity index (χ0) is 26.7. The lowest BCUT2D eigenvalue weighted by molar-refractivity contribution is -0.171. The van der Waals surface area contributed by atoms with Crippen molar-refractivity contribution in [1.29, 1.82) is 0 Å². The molecular formula is C26H34F3NO5S. The molecule has 1 aromatic carbocycles. The third kappa shape index (κ3) is 4.48. The maximum absolute atomic E-state index is 13.7. The quantitative estimate of drug-likeness (QED) is 0.464. The van der Waals surface area contributed by atoms with Crippen LogP contribution in [-0.2, 0) is 25.8 Å². The Hall–Kier alpha value is -1.94. The second kappa shape index (κ2) is 9.11. The van der Waals surface area contributed by atoms with Crippen molar-refractivity contribution >= 4 is 21.8 Å². The van der Waals surface area contributed by atoms with Crippen molar-refractivity contribution in [3.05, 3.63) is 29.8 Å². The van der Waals surface area contributed by atoms with Crippen LogP contribution in [0.5, 0.6) is 0 Å². The van der Waals surface area contributed by atoms with Crippen molar-refractivity contribution < 1.29 is 36.3 Å². The first-order valence-electron chi connectivity index (χ1n) is 12.6. The third-order valence-electron chi connectivity index (χ3n) is 8.84. The molecule has 0 aliphatic heterocycles. The minimum Gasteiger partial charge on any atom is -0.481 e. The maximum atomic E-state index is 13.7. The Morgan fingerprint density at radius 3 is 2.19 bits per heavy atom. The number of carboxylic acid groups (broad SMARTS) is 1. The van der Waals surface area contributed by atoms with Gasteiger partial charge in [-0.3, -0.25) is 9.59 Å². The fourth-order valence-electron chi connectivity index (χ4n) is 7.28. The largest absolute Gasteiger partial charge is 0.481 e. The van der Waals surface area contributed by atoms with E-state index in [2.05, 4.69) is 0 Å². The number of ketones is 1. The van der Waals surface area contributed by atoms with Gasteiger partial charge in [0, 0.05) is 13.0 Å². The van der Waals surface area contributed by atoms with Gasteiger partial charge in [0.05, 0.1) is 21.4 Å². The molecule has 0 spiro atoms. The van der Waals surface area contributed by atoms with Gasteiger partial charge in [-0.05, 0) is 88.2 Å². The summed E-state index contributed by atoms with van der Waals surface area (Å²) in [6.45, 7) is 4.54. The molecule has 4 bridgehead atoms. The number of alkyl halides is 3. The molecular weight excluding hydrogens is 495 g/mol. The fraction of sp³-hybridized carbons (Fsp3) is 0.692. The molecule has 4 aliphatic carbocycles. The van der Waals surface area contributed by atoms with Crippen LogP contribution in [0.3, 0.4) is 0 Å². The molecule has 4 aliphatic rings. The van der Waals surface area contributed by atoms with Gasteiger partial charge in [-0.1, -0.05) is 19.1 Å². The number of carbonyl (C=O) groups is 2. The second-order valence-electron chi connectivity index (χ2n) is 11.5. The second-order valence-corrected chi connectivity index (χ2v) is 13.3. The van der Waals surface area contributed by atoms with Gasteiger partial charge >= 0.3 is 12.1 Å². The Morgan fingerprint density at radius 1 is 1.08 bits per heavy atom. The Morgan fingerprint density at radius 2 is 1.67 bits per heavy atom. The minimum atomic E-state index is -4.86. The number of hydrogen-bond donors (Lipinski definition) is 1. The van der Waals surface area contributed by atoms with Crippen molar-refractivity contribution in [2.24, 2.45) is 29.1 Å². The molecule has 0 heterocycles. The first kappa shape index (κ1) is 27.1. The summed E-state index contributed by atoms with van der Waals surface area (Å²) in [7, 11) is -4.65. The van der Waals surface area contributed by atoms with Crippen LogP contribution in [0, 0.1) is 29.1 Å². The highest BCUT2D eigenvalue weighted by Crippen LogP contribution is 2.63. The van der Waals surface area contributed by atoms with Crippen LogP contribution in [0.2, 0.25) is 0 Å². The number of sulfonamides is 1. The molecule has 36 heavy (non-hydrogen) atoms. The highest BCUT2D eigenvalue weighted by Gasteiger charge is 2.59. The monoisotopic (exact) mass is 529 g/mol. The van der Waals surface area contributed by atoms with Crippen molar-refractivity contribution in [3.8, 4) is 0 Å². The van der Waals surface area contributed by atoms with E-state index in [0.29, 0.717) is 31.6 Å². The Bertz CT molecular complexity index is 1130. The lowest BCUT2D eigenvalue weighted by Gasteiger charge is -2.58. The summed E-state index contributed by atoms with van der Waals surface area (Å²) in [5.41, 5.74) is -3.54. The predicted molar refractivity (Wildman–Crippen MR) is 126 cm³/mol. The Balaban J connectivity index is 1.62. The third-order valence-corrected chi connectivity index (χ3v) is 11.0. The van der Waals surface area contributed by atoms with Crippen LogP contribution in [0.15, 0.2) is 29.2 Å². The lowest BCUT2D eigenvalue weighted by atomic mass is 9.45. The molecule has 2 unspecified atom stereocenters. The van der Waals surface area contributed by atoms with E-state index in [9.17, 15) is 36.3 Å². The topological polar surface area (TPSA) is 91.8 Å². The van der Waals surface area contributed by atoms with E-state index < -0.39 is 43.6 Å². The average molecular weight is 530 g/mol. The van der Waals surface area contributed by atoms with Gasteiger partial charge in [0.25, 0.3) is 0 Å². The van der Waals surface area contributed by atoms with Gasteiger partial charge in [0.15, 0.2) is 5.78 Å². The summed E-state index contributed by atoms with van der Waals surface area (Å²) in [4.78, 5) is 24.9. The first-order valence-corrected chi connectivity index (χ1v) is 14.0. The number of halogens is 3. The zero-order valence-corrected chi connectivity index (χ0v) is 21.7. The van der Waals surface area contributed by atoms with Crippen LogP contribution >= 0.6 is 0 Å². The number of nitrogens with zero attached hydrogens (tertiary/aromatic N) is 1. The highest BCUT2D eigenvalue weighted by molar-refractivity contribution is 7.89. The molecule has 0 radical (unpaired) electrons. The Labute approximate surface area is 210 Å². The number of Topliss-reactive ketones (excluding diaryl/α,β-unsaturated/α-hetero) is 1. The molecule has 1 aromatic rings. The minimum absolute atomic E-state index is 0.0329. The summed E-state index contributed by atoms with van der Waals surface area (Å²) in [5, 5.41) is 9.87. The lowest BCUT2D eigenvalue weighted by Crippen LogP contribution is -2.57. The SMILES string of the molecule is CCCN(C(C)(C)C(=O)CC1C2CC3CC1CC(C(=O)O)(C3)C2)S(=O)(=O)c1ccccc1C(F)(F)F. The summed E-state index contributed by atoms with van der Waals surface area (Å²) in [5.74, 6) is -0.617. The van der Waals surface area contributed by atoms with E-state index in [0.717, 1.165) is 35.3 Å². The first-order chi connectivity index (χ1) is 16.6. The zero-order valence-electron chi connectivity index (χ0n) is 20.8. The number of hydrogen-bond acceptors (Lipinski definition) is 4. The normalized spacial score (nSPS) is 30.1. The molecule has 1 N–H and O–H groups in total. The summed E-state index contributed by atoms with van der Waals surface area (Å²) < 4.78 is 69.1. The molecule has 200 valence electrons. The highest BCUT2D eigenvalue weighted by atomic mass is 32.2. The van der Waals surface area contributed by atoms with E-state index >= 15 is 0 Å². The Kier molecular flexibility index (Phi) is 6.86. The molecule has 4 fully saturated rings. The van der Waals surface area contributed by atoms with Crippen LogP contribution in [0.1, 0.15) is 71.3 Å². The van der Waals surface area contributed by atoms with Crippen molar-refractivity contribution in [1.82, 2.24) is 4.31 Å². The molecule has 4 saturated carbocycles. The number of carbonyl (C=O) groups excluding carboxylic acids is 1. The van der Waals surface area contributed by atoms with Gasteiger partial charge in [-0.15, -0.1) is 0 Å². The smallest absolute Gasteiger partial charge is 0.417 e. The van der Waals surface area contributed by atoms with Crippen LogP contribution < -0.4 is 0 Å². The van der Waals surface area contributed by atoms with Crippen molar-refractivity contribution in [2.45, 2.75) is 82.3 Å². The molecule has 0 saturated heterocycles. The number of aliphatic carboxylic acids is 1. The van der Waals surface area contributed by atoms with E-state index in [4.69, 9.17) is 0 Å². The van der Waals surface area contributed by atoms with Crippen LogP contribution in [0.4, 0.5) is 13.2 Å². The number of carboxylic acids is 1. The van der Waals surface area contributed by atoms with Crippen molar-refractivity contribution in [3.63, 3.8) is 0 Å². The molecule has 0 amide bonds. The molecule has 5 rings (SSSR count). The number of rotatable bonds is 9. The van der Waals surface area contributed by atoms with E-state index in [1.165, 1.54) is 19.9 Å². The van der Waals surface area contributed by atoms with Gasteiger partial charge < -0.3 is 5.11 Å². The molecule has 0 aromatic heterocycles. The van der Waals surface area contributed by atoms with Gasteiger partial charge in [-0.25, -0.2) is 8.42 Å². The summed E-state index contributed by atoms with van der Waals surface area (Å²) in [6.07, 6.45) is -0.950. The van der Waals surface area contributed by atoms with E-state index in [1.807, 2.05) is 0 Å². The fourth-order valence-corrected chi connectivity index (χ4v) is 9.35. The average Bonchev–Trinajstić information content (AvgIpc) is 2.78. The summed E-state index contributed by atoms with van der Waals surface area (Å²) in [6, 6.07) is 4.05. The van der Waals surface area contributed by atoms with Gasteiger partial charge in [-0.2, -0.15) is 17.5 Å².